The predicted octanol–water partition coefficient (Wildman–Crippen LogP) is 2.08. The third-order valence-corrected chi connectivity index (χ3v) is 5.56. The zero-order valence-corrected chi connectivity index (χ0v) is 17.7. The first-order chi connectivity index (χ1) is 15.2. The molecule has 0 N–H and O–H groups in total. The number of aromatic nitrogens is 3. The summed E-state index contributed by atoms with van der Waals surface area (Å²) < 4.78 is 19.4. The zero-order chi connectivity index (χ0) is 21.5. The van der Waals surface area contributed by atoms with Gasteiger partial charge in [-0.3, -0.25) is 9.89 Å². The van der Waals surface area contributed by atoms with Crippen molar-refractivity contribution in [2.45, 2.75) is 13.0 Å². The molecule has 0 saturated carbocycles. The highest BCUT2D eigenvalue weighted by Crippen LogP contribution is 2.38. The Morgan fingerprint density at radius 2 is 1.77 bits per heavy atom. The molecule has 0 spiro atoms. The summed E-state index contributed by atoms with van der Waals surface area (Å²) in [6.45, 7) is 1.81. The second kappa shape index (κ2) is 7.50. The molecule has 2 aromatic carbocycles. The van der Waals surface area contributed by atoms with E-state index in [4.69, 9.17) is 19.2 Å². The number of aliphatic imine (C=N–C) groups is 1. The predicted molar refractivity (Wildman–Crippen MR) is 116 cm³/mol. The zero-order valence-electron chi connectivity index (χ0n) is 17.7. The number of ether oxygens (including phenoxy) is 3. The number of rotatable bonds is 5. The standard InChI is InChI=1S/C22H23N5O4/c1-29-17-11-14(12-18(30-2)19(17)31-3)13-26-22(28)27-16-8-5-4-7-15(16)20-23-9-6-10-25(20)21(27)24-26/h4-5,7-8,11-12H,6,9-10,13H2,1-3H3. The smallest absolute Gasteiger partial charge is 0.352 e. The summed E-state index contributed by atoms with van der Waals surface area (Å²) in [5.41, 5.74) is 2.35. The number of benzene rings is 2. The van der Waals surface area contributed by atoms with E-state index in [2.05, 4.69) is 5.10 Å². The highest BCUT2D eigenvalue weighted by molar-refractivity contribution is 6.13. The Kier molecular flexibility index (Phi) is 4.65. The van der Waals surface area contributed by atoms with Gasteiger partial charge in [-0.15, -0.1) is 5.10 Å². The molecule has 31 heavy (non-hydrogen) atoms. The van der Waals surface area contributed by atoms with E-state index in [-0.39, 0.29) is 12.2 Å². The summed E-state index contributed by atoms with van der Waals surface area (Å²) in [7, 11) is 4.69. The fraction of sp³-hybridized carbons (Fsp3) is 0.318. The quantitative estimate of drug-likeness (QED) is 0.627. The van der Waals surface area contributed by atoms with Crippen molar-refractivity contribution in [3.63, 3.8) is 0 Å². The summed E-state index contributed by atoms with van der Waals surface area (Å²) >= 11 is 0. The largest absolute Gasteiger partial charge is 0.493 e. The van der Waals surface area contributed by atoms with Crippen LogP contribution in [0.5, 0.6) is 17.2 Å². The lowest BCUT2D eigenvalue weighted by Gasteiger charge is -2.33. The van der Waals surface area contributed by atoms with Gasteiger partial charge in [-0.1, -0.05) is 12.1 Å². The number of para-hydroxylation sites is 1. The molecule has 0 unspecified atom stereocenters. The van der Waals surface area contributed by atoms with Gasteiger partial charge in [0.15, 0.2) is 11.5 Å². The van der Waals surface area contributed by atoms with Crippen LogP contribution in [0.25, 0.3) is 5.69 Å². The van der Waals surface area contributed by atoms with Crippen LogP contribution in [0.2, 0.25) is 0 Å². The van der Waals surface area contributed by atoms with E-state index in [1.807, 2.05) is 41.3 Å². The van der Waals surface area contributed by atoms with Crippen LogP contribution in [0.1, 0.15) is 17.5 Å². The molecule has 5 rings (SSSR count). The summed E-state index contributed by atoms with van der Waals surface area (Å²) in [6.07, 6.45) is 0.916. The minimum absolute atomic E-state index is 0.208. The summed E-state index contributed by atoms with van der Waals surface area (Å²) in [6, 6.07) is 11.5. The first-order valence-electron chi connectivity index (χ1n) is 10.1. The van der Waals surface area contributed by atoms with E-state index in [1.54, 1.807) is 25.9 Å². The third-order valence-electron chi connectivity index (χ3n) is 5.56. The first kappa shape index (κ1) is 19.2. The number of fused-ring (bicyclic) bond motifs is 6. The third kappa shape index (κ3) is 2.96. The molecule has 2 aliphatic rings. The number of nitrogens with zero attached hydrogens (tertiary/aromatic N) is 5. The van der Waals surface area contributed by atoms with Gasteiger partial charge >= 0.3 is 5.69 Å². The Hall–Kier alpha value is -3.75. The molecule has 160 valence electrons. The summed E-state index contributed by atoms with van der Waals surface area (Å²) in [4.78, 5) is 20.1. The molecule has 0 fully saturated rings. The SMILES string of the molecule is COc1cc(Cn2nc3n(c2=O)-c2ccccc2C2=NCCCN23)cc(OC)c1OC. The topological polar surface area (TPSA) is 83.1 Å². The summed E-state index contributed by atoms with van der Waals surface area (Å²) in [5.74, 6) is 3.04. The van der Waals surface area contributed by atoms with Crippen LogP contribution < -0.4 is 24.8 Å². The second-order valence-electron chi connectivity index (χ2n) is 7.34. The van der Waals surface area contributed by atoms with Crippen molar-refractivity contribution in [1.29, 1.82) is 0 Å². The van der Waals surface area contributed by atoms with Crippen LogP contribution in [0, 0.1) is 0 Å². The van der Waals surface area contributed by atoms with Crippen LogP contribution in [0.3, 0.4) is 0 Å². The van der Waals surface area contributed by atoms with Gasteiger partial charge in [-0.05, 0) is 36.2 Å². The molecule has 3 aromatic rings. The first-order valence-corrected chi connectivity index (χ1v) is 10.1. The fourth-order valence-corrected chi connectivity index (χ4v) is 4.17. The van der Waals surface area contributed by atoms with Gasteiger partial charge in [-0.2, -0.15) is 0 Å². The van der Waals surface area contributed by atoms with Crippen LogP contribution in [-0.4, -0.2) is 54.6 Å². The monoisotopic (exact) mass is 421 g/mol. The van der Waals surface area contributed by atoms with E-state index < -0.39 is 0 Å². The van der Waals surface area contributed by atoms with E-state index in [0.29, 0.717) is 23.2 Å². The maximum Gasteiger partial charge on any atom is 0.352 e. The van der Waals surface area contributed by atoms with Crippen molar-refractivity contribution >= 4 is 11.8 Å². The maximum atomic E-state index is 13.4. The van der Waals surface area contributed by atoms with Crippen LogP contribution in [0.15, 0.2) is 46.2 Å². The number of anilines is 1. The summed E-state index contributed by atoms with van der Waals surface area (Å²) in [5, 5.41) is 4.68. The van der Waals surface area contributed by atoms with E-state index >= 15 is 0 Å². The van der Waals surface area contributed by atoms with Crippen molar-refractivity contribution in [3.05, 3.63) is 58.0 Å². The highest BCUT2D eigenvalue weighted by Gasteiger charge is 2.33. The van der Waals surface area contributed by atoms with Gasteiger partial charge in [0.1, 0.15) is 5.84 Å². The molecule has 9 nitrogen and oxygen atoms in total. The van der Waals surface area contributed by atoms with Crippen molar-refractivity contribution < 1.29 is 14.2 Å². The Labute approximate surface area is 179 Å². The average molecular weight is 421 g/mol. The van der Waals surface area contributed by atoms with Crippen molar-refractivity contribution in [2.75, 3.05) is 39.3 Å². The Balaban J connectivity index is 1.62. The van der Waals surface area contributed by atoms with Gasteiger partial charge < -0.3 is 14.2 Å². The highest BCUT2D eigenvalue weighted by atomic mass is 16.5. The van der Waals surface area contributed by atoms with E-state index in [9.17, 15) is 4.79 Å². The normalized spacial score (nSPS) is 14.3. The van der Waals surface area contributed by atoms with Crippen molar-refractivity contribution in [2.24, 2.45) is 4.99 Å². The van der Waals surface area contributed by atoms with Gasteiger partial charge in [0.2, 0.25) is 11.7 Å². The Morgan fingerprint density at radius 3 is 2.48 bits per heavy atom. The van der Waals surface area contributed by atoms with E-state index in [1.165, 1.54) is 4.68 Å². The van der Waals surface area contributed by atoms with Crippen LogP contribution >= 0.6 is 0 Å². The van der Waals surface area contributed by atoms with Gasteiger partial charge in [0, 0.05) is 18.7 Å². The number of methoxy groups -OCH3 is 3. The van der Waals surface area contributed by atoms with Crippen molar-refractivity contribution in [1.82, 2.24) is 14.3 Å². The Bertz CT molecular complexity index is 1220. The maximum absolute atomic E-state index is 13.4. The molecule has 3 heterocycles. The molecule has 0 atom stereocenters. The van der Waals surface area contributed by atoms with Gasteiger partial charge in [0.25, 0.3) is 0 Å². The van der Waals surface area contributed by atoms with Crippen LogP contribution in [-0.2, 0) is 6.54 Å². The molecule has 1 aromatic heterocycles. The van der Waals surface area contributed by atoms with Crippen LogP contribution in [0.4, 0.5) is 5.95 Å². The molecule has 0 saturated heterocycles. The Morgan fingerprint density at radius 1 is 1.03 bits per heavy atom. The lowest BCUT2D eigenvalue weighted by atomic mass is 10.1. The molecule has 0 radical (unpaired) electrons. The average Bonchev–Trinajstić information content (AvgIpc) is 3.14. The number of hydrogen-bond donors (Lipinski definition) is 0. The molecule has 2 aliphatic heterocycles. The fourth-order valence-electron chi connectivity index (χ4n) is 4.17. The molecule has 0 amide bonds. The minimum Gasteiger partial charge on any atom is -0.493 e. The second-order valence-corrected chi connectivity index (χ2v) is 7.34. The van der Waals surface area contributed by atoms with Crippen molar-refractivity contribution in [3.8, 4) is 22.9 Å². The molecular formula is C22H23N5O4. The van der Waals surface area contributed by atoms with Gasteiger partial charge in [0.05, 0.1) is 33.6 Å². The molecule has 0 aliphatic carbocycles. The lowest BCUT2D eigenvalue weighted by molar-refractivity contribution is 0.323. The number of hydrogen-bond acceptors (Lipinski definition) is 7. The minimum atomic E-state index is -0.208. The molecule has 0 bridgehead atoms. The molecule has 9 heteroatoms. The van der Waals surface area contributed by atoms with E-state index in [0.717, 1.165) is 42.2 Å². The van der Waals surface area contributed by atoms with Gasteiger partial charge in [-0.25, -0.2) is 14.0 Å². The lowest BCUT2D eigenvalue weighted by Crippen LogP contribution is -2.42. The number of amidine groups is 1. The molecular weight excluding hydrogens is 398 g/mol.